The average Bonchev–Trinajstić information content (AvgIpc) is 3.86. The Bertz CT molecular complexity index is 1590. The smallest absolute Gasteiger partial charge is 0.493 e. The van der Waals surface area contributed by atoms with E-state index in [0.29, 0.717) is 56.3 Å². The summed E-state index contributed by atoms with van der Waals surface area (Å²) >= 11 is 1.87. The molecule has 58 heavy (non-hydrogen) atoms. The maximum absolute atomic E-state index is 12.2. The molecule has 22 heteroatoms. The molecule has 1 aromatic carbocycles. The molecular formula is C36H52N6O15S. The lowest BCUT2D eigenvalue weighted by Gasteiger charge is -2.18. The molecule has 3 heterocycles. The van der Waals surface area contributed by atoms with Gasteiger partial charge in [0.1, 0.15) is 6.10 Å². The Kier molecular flexibility index (Phi) is 19.0. The Morgan fingerprint density at radius 3 is 2.12 bits per heavy atom. The Hall–Kier alpha value is -4.93. The number of hydrogen-bond acceptors (Lipinski definition) is 16. The summed E-state index contributed by atoms with van der Waals surface area (Å²) in [6.07, 6.45) is 0.720. The third-order valence-electron chi connectivity index (χ3n) is 9.16. The molecule has 21 nitrogen and oxygen atoms in total. The lowest BCUT2D eigenvalue weighted by Crippen LogP contribution is -2.36. The number of nitro groups is 1. The van der Waals surface area contributed by atoms with Crippen molar-refractivity contribution in [3.05, 3.63) is 27.8 Å². The van der Waals surface area contributed by atoms with Crippen LogP contribution in [0.1, 0.15) is 70.0 Å². The van der Waals surface area contributed by atoms with Gasteiger partial charge in [0, 0.05) is 49.8 Å². The summed E-state index contributed by atoms with van der Waals surface area (Å²) in [5.41, 5.74) is -0.507. The minimum absolute atomic E-state index is 0.00626. The topological polar surface area (TPSA) is 262 Å². The molecule has 0 spiro atoms. The first-order chi connectivity index (χ1) is 28.0. The molecular weight excluding hydrogens is 788 g/mol. The van der Waals surface area contributed by atoms with E-state index < -0.39 is 34.7 Å². The van der Waals surface area contributed by atoms with Gasteiger partial charge < -0.3 is 49.7 Å². The van der Waals surface area contributed by atoms with Crippen LogP contribution in [0.5, 0.6) is 11.5 Å². The minimum Gasteiger partial charge on any atom is -0.493 e. The molecule has 4 N–H and O–H groups in total. The van der Waals surface area contributed by atoms with Gasteiger partial charge in [-0.25, -0.2) is 9.59 Å². The molecule has 0 aromatic heterocycles. The largest absolute Gasteiger partial charge is 0.534 e. The van der Waals surface area contributed by atoms with Crippen molar-refractivity contribution in [1.82, 2.24) is 26.3 Å². The molecule has 322 valence electrons. The van der Waals surface area contributed by atoms with Crippen molar-refractivity contribution in [2.24, 2.45) is 0 Å². The van der Waals surface area contributed by atoms with Gasteiger partial charge in [0.15, 0.2) is 11.5 Å². The van der Waals surface area contributed by atoms with Gasteiger partial charge >= 0.3 is 12.2 Å². The lowest BCUT2D eigenvalue weighted by atomic mass is 10.0. The zero-order valence-electron chi connectivity index (χ0n) is 32.6. The SMILES string of the molecule is COc1cc(C(C)OC(=O)ON2C(=O)CCC2=O)c([N+](=O)[O-])cc1OCCCC(=O)NCCOCCOCCOCCNC(=O)CCCCC1SC[C@H]2NC(=O)N[C@@H]12. The highest BCUT2D eigenvalue weighted by Crippen LogP contribution is 2.39. The van der Waals surface area contributed by atoms with Gasteiger partial charge in [-0.3, -0.25) is 34.1 Å². The normalized spacial score (nSPS) is 18.9. The van der Waals surface area contributed by atoms with Crippen LogP contribution in [-0.2, 0) is 43.0 Å². The number of carbonyl (C=O) groups is 6. The fourth-order valence-corrected chi connectivity index (χ4v) is 7.76. The molecule has 1 aromatic rings. The molecule has 2 unspecified atom stereocenters. The van der Waals surface area contributed by atoms with Crippen molar-refractivity contribution < 1.29 is 66.9 Å². The molecule has 3 aliphatic heterocycles. The van der Waals surface area contributed by atoms with Gasteiger partial charge in [0.05, 0.1) is 82.0 Å². The van der Waals surface area contributed by atoms with Crippen LogP contribution in [0, 0.1) is 10.1 Å². The van der Waals surface area contributed by atoms with E-state index in [9.17, 15) is 38.9 Å². The number of amides is 6. The van der Waals surface area contributed by atoms with E-state index in [1.54, 1.807) is 0 Å². The number of unbranched alkanes of at least 4 members (excludes halogenated alkanes) is 1. The van der Waals surface area contributed by atoms with Crippen molar-refractivity contribution in [1.29, 1.82) is 0 Å². The van der Waals surface area contributed by atoms with Crippen LogP contribution in [0.2, 0.25) is 0 Å². The average molecular weight is 841 g/mol. The summed E-state index contributed by atoms with van der Waals surface area (Å²) in [6, 6.07) is 2.69. The number of hydrogen-bond donors (Lipinski definition) is 4. The summed E-state index contributed by atoms with van der Waals surface area (Å²) in [4.78, 5) is 87.2. The third-order valence-corrected chi connectivity index (χ3v) is 10.7. The number of methoxy groups -OCH3 is 1. The number of ether oxygens (including phenoxy) is 6. The number of benzene rings is 1. The maximum Gasteiger partial charge on any atom is 0.534 e. The van der Waals surface area contributed by atoms with Crippen LogP contribution in [-0.4, -0.2) is 135 Å². The van der Waals surface area contributed by atoms with Crippen LogP contribution in [0.15, 0.2) is 12.1 Å². The third kappa shape index (κ3) is 14.8. The molecule has 0 aliphatic carbocycles. The number of rotatable bonds is 27. The van der Waals surface area contributed by atoms with Crippen molar-refractivity contribution >= 4 is 53.3 Å². The fraction of sp³-hybridized carbons (Fsp3) is 0.667. The Morgan fingerprint density at radius 1 is 0.879 bits per heavy atom. The Labute approximate surface area is 339 Å². The highest BCUT2D eigenvalue weighted by molar-refractivity contribution is 8.00. The van der Waals surface area contributed by atoms with Gasteiger partial charge in [-0.1, -0.05) is 11.5 Å². The highest BCUT2D eigenvalue weighted by Gasteiger charge is 2.42. The second-order valence-electron chi connectivity index (χ2n) is 13.4. The summed E-state index contributed by atoms with van der Waals surface area (Å²) in [5, 5.41) is 24.0. The molecule has 3 aliphatic rings. The molecule has 6 amide bonds. The number of nitro benzene ring substituents is 1. The van der Waals surface area contributed by atoms with E-state index in [2.05, 4.69) is 26.1 Å². The first-order valence-electron chi connectivity index (χ1n) is 19.2. The van der Waals surface area contributed by atoms with Gasteiger partial charge in [-0.2, -0.15) is 11.8 Å². The number of urea groups is 1. The first-order valence-corrected chi connectivity index (χ1v) is 20.2. The molecule has 0 radical (unpaired) electrons. The maximum atomic E-state index is 12.2. The molecule has 4 rings (SSSR count). The molecule has 3 fully saturated rings. The van der Waals surface area contributed by atoms with Gasteiger partial charge in [0.2, 0.25) is 11.8 Å². The van der Waals surface area contributed by atoms with Gasteiger partial charge in [-0.15, -0.1) is 0 Å². The summed E-state index contributed by atoms with van der Waals surface area (Å²) < 4.78 is 32.5. The molecule has 4 atom stereocenters. The van der Waals surface area contributed by atoms with Gasteiger partial charge in [0.25, 0.3) is 17.5 Å². The Balaban J connectivity index is 0.964. The minimum atomic E-state index is -1.39. The van der Waals surface area contributed by atoms with Crippen molar-refractivity contribution in [3.8, 4) is 11.5 Å². The quantitative estimate of drug-likeness (QED) is 0.0247. The summed E-state index contributed by atoms with van der Waals surface area (Å²) in [6.45, 7) is 4.15. The van der Waals surface area contributed by atoms with Crippen LogP contribution in [0.4, 0.5) is 15.3 Å². The second kappa shape index (κ2) is 24.1. The number of fused-ring (bicyclic) bond motifs is 1. The predicted molar refractivity (Wildman–Crippen MR) is 204 cm³/mol. The number of imide groups is 1. The monoisotopic (exact) mass is 840 g/mol. The zero-order valence-corrected chi connectivity index (χ0v) is 33.4. The lowest BCUT2D eigenvalue weighted by molar-refractivity contribution is -0.386. The number of thioether (sulfide) groups is 1. The zero-order chi connectivity index (χ0) is 41.9. The van der Waals surface area contributed by atoms with Crippen molar-refractivity contribution in [2.75, 3.05) is 72.2 Å². The van der Waals surface area contributed by atoms with E-state index >= 15 is 0 Å². The Morgan fingerprint density at radius 2 is 1.50 bits per heavy atom. The number of carbonyl (C=O) groups excluding carboxylic acids is 6. The summed E-state index contributed by atoms with van der Waals surface area (Å²) in [7, 11) is 1.32. The first kappa shape index (κ1) is 45.8. The van der Waals surface area contributed by atoms with Crippen LogP contribution in [0.25, 0.3) is 0 Å². The van der Waals surface area contributed by atoms with Crippen LogP contribution in [0.3, 0.4) is 0 Å². The van der Waals surface area contributed by atoms with Crippen LogP contribution >= 0.6 is 11.8 Å². The van der Waals surface area contributed by atoms with Crippen molar-refractivity contribution in [3.63, 3.8) is 0 Å². The summed E-state index contributed by atoms with van der Waals surface area (Å²) in [5.74, 6) is -0.601. The highest BCUT2D eigenvalue weighted by atomic mass is 32.2. The van der Waals surface area contributed by atoms with E-state index in [-0.39, 0.29) is 92.4 Å². The standard InChI is InChI=1S/C36H52N6O15S/c1-23(56-36(48)57-41-32(45)9-10-33(41)46)24-20-27(51-2)28(21-26(24)42(49)50)55-13-5-8-31(44)38-12-15-53-17-19-54-18-16-52-14-11-37-30(43)7-4-3-6-29-34-25(22-58-29)39-35(47)40-34/h20-21,23,25,29,34H,3-19,22H2,1-2H3,(H,37,43)(H,38,44)(H2,39,40,47)/t23?,25-,29?,34-/m1/s1. The van der Waals surface area contributed by atoms with Crippen molar-refractivity contribution in [2.45, 2.75) is 81.7 Å². The second-order valence-corrected chi connectivity index (χ2v) is 14.6. The number of nitrogens with one attached hydrogen (secondary N) is 4. The van der Waals surface area contributed by atoms with E-state index in [0.717, 1.165) is 31.1 Å². The van der Waals surface area contributed by atoms with E-state index in [1.165, 1.54) is 20.1 Å². The van der Waals surface area contributed by atoms with E-state index in [4.69, 9.17) is 28.4 Å². The van der Waals surface area contributed by atoms with Gasteiger partial charge in [-0.05, 0) is 32.3 Å². The fourth-order valence-electron chi connectivity index (χ4n) is 6.22. The molecule has 3 saturated heterocycles. The predicted octanol–water partition coefficient (Wildman–Crippen LogP) is 2.05. The molecule has 0 bridgehead atoms. The van der Waals surface area contributed by atoms with Crippen LogP contribution < -0.4 is 30.7 Å². The number of nitrogens with zero attached hydrogens (tertiary/aromatic N) is 2. The molecule has 0 saturated carbocycles. The van der Waals surface area contributed by atoms with E-state index in [1.807, 2.05) is 11.8 Å². The number of hydroxylamine groups is 2.